The van der Waals surface area contributed by atoms with E-state index in [2.05, 4.69) is 20.2 Å². The van der Waals surface area contributed by atoms with Crippen LogP contribution < -0.4 is 20.7 Å². The van der Waals surface area contributed by atoms with Gasteiger partial charge in [0, 0.05) is 13.1 Å². The van der Waals surface area contributed by atoms with E-state index in [1.54, 1.807) is 6.33 Å². The molecule has 0 aliphatic carbocycles. The fourth-order valence-corrected chi connectivity index (χ4v) is 3.00. The lowest BCUT2D eigenvalue weighted by Gasteiger charge is -2.23. The minimum Gasteiger partial charge on any atom is -0.492 e. The van der Waals surface area contributed by atoms with Gasteiger partial charge in [-0.1, -0.05) is 25.0 Å². The van der Waals surface area contributed by atoms with Gasteiger partial charge in [0.15, 0.2) is 11.6 Å². The fraction of sp³-hybridized carbons (Fsp3) is 0.444. The molecule has 3 rings (SSSR count). The number of benzene rings is 1. The van der Waals surface area contributed by atoms with E-state index in [0.29, 0.717) is 18.1 Å². The van der Waals surface area contributed by atoms with Gasteiger partial charge in [-0.25, -0.2) is 9.97 Å². The molecule has 1 saturated heterocycles. The van der Waals surface area contributed by atoms with Crippen molar-refractivity contribution in [3.8, 4) is 5.75 Å². The molecule has 2 heterocycles. The highest BCUT2D eigenvalue weighted by Gasteiger charge is 2.17. The van der Waals surface area contributed by atoms with Crippen LogP contribution in [0.2, 0.25) is 0 Å². The van der Waals surface area contributed by atoms with Gasteiger partial charge in [0.05, 0.1) is 12.3 Å². The Kier molecular flexibility index (Phi) is 5.36. The summed E-state index contributed by atoms with van der Waals surface area (Å²) in [4.78, 5) is 11.0. The quantitative estimate of drug-likeness (QED) is 0.874. The Morgan fingerprint density at radius 2 is 1.88 bits per heavy atom. The summed E-state index contributed by atoms with van der Waals surface area (Å²) in [5.74, 6) is 2.23. The first-order valence-electron chi connectivity index (χ1n) is 8.64. The van der Waals surface area contributed by atoms with Crippen LogP contribution in [0.1, 0.15) is 32.6 Å². The van der Waals surface area contributed by atoms with Crippen molar-refractivity contribution < 1.29 is 4.74 Å². The molecule has 128 valence electrons. The number of hydrogen-bond acceptors (Lipinski definition) is 6. The van der Waals surface area contributed by atoms with Gasteiger partial charge in [-0.2, -0.15) is 0 Å². The molecule has 0 amide bonds. The first-order chi connectivity index (χ1) is 11.8. The van der Waals surface area contributed by atoms with Crippen LogP contribution in [-0.4, -0.2) is 29.7 Å². The van der Waals surface area contributed by atoms with Crippen LogP contribution in [0.25, 0.3) is 0 Å². The van der Waals surface area contributed by atoms with Gasteiger partial charge in [0.1, 0.15) is 17.8 Å². The van der Waals surface area contributed by atoms with E-state index >= 15 is 0 Å². The fourth-order valence-electron chi connectivity index (χ4n) is 3.00. The predicted octanol–water partition coefficient (Wildman–Crippen LogP) is 3.58. The Morgan fingerprint density at radius 1 is 1.12 bits per heavy atom. The molecule has 1 aromatic carbocycles. The van der Waals surface area contributed by atoms with Crippen LogP contribution in [-0.2, 0) is 0 Å². The van der Waals surface area contributed by atoms with Crippen LogP contribution in [0.15, 0.2) is 30.6 Å². The molecule has 0 radical (unpaired) electrons. The molecule has 1 aromatic heterocycles. The molecule has 0 bridgehead atoms. The minimum absolute atomic E-state index is 0.589. The molecule has 6 nitrogen and oxygen atoms in total. The van der Waals surface area contributed by atoms with E-state index < -0.39 is 0 Å². The van der Waals surface area contributed by atoms with Crippen molar-refractivity contribution in [2.75, 3.05) is 35.6 Å². The van der Waals surface area contributed by atoms with E-state index in [1.165, 1.54) is 25.7 Å². The average Bonchev–Trinajstić information content (AvgIpc) is 2.88. The van der Waals surface area contributed by atoms with Gasteiger partial charge in [0.25, 0.3) is 0 Å². The Bertz CT molecular complexity index is 668. The van der Waals surface area contributed by atoms with Crippen molar-refractivity contribution >= 4 is 23.0 Å². The Morgan fingerprint density at radius 3 is 2.62 bits per heavy atom. The third kappa shape index (κ3) is 3.69. The molecule has 24 heavy (non-hydrogen) atoms. The van der Waals surface area contributed by atoms with Gasteiger partial charge in [-0.05, 0) is 31.9 Å². The highest BCUT2D eigenvalue weighted by atomic mass is 16.5. The number of nitrogen functional groups attached to an aromatic ring is 1. The molecule has 2 aromatic rings. The zero-order valence-corrected chi connectivity index (χ0v) is 14.2. The lowest BCUT2D eigenvalue weighted by Crippen LogP contribution is -2.26. The van der Waals surface area contributed by atoms with Gasteiger partial charge < -0.3 is 20.7 Å². The molecular weight excluding hydrogens is 302 g/mol. The number of anilines is 4. The second-order valence-corrected chi connectivity index (χ2v) is 5.91. The van der Waals surface area contributed by atoms with Gasteiger partial charge in [-0.3, -0.25) is 0 Å². The lowest BCUT2D eigenvalue weighted by molar-refractivity contribution is 0.342. The van der Waals surface area contributed by atoms with Crippen LogP contribution >= 0.6 is 0 Å². The standard InChI is InChI=1S/C18H25N5O/c1-2-24-15-10-6-5-9-14(15)22-17-16(19)18(21-13-20-17)23-11-7-3-4-8-12-23/h5-6,9-10,13H,2-4,7-8,11-12,19H2,1H3,(H,20,21,22). The number of para-hydroxylation sites is 2. The van der Waals surface area contributed by atoms with Crippen molar-refractivity contribution in [3.05, 3.63) is 30.6 Å². The normalized spacial score (nSPS) is 15.0. The van der Waals surface area contributed by atoms with Crippen molar-refractivity contribution in [1.29, 1.82) is 0 Å². The molecular formula is C18H25N5O. The summed E-state index contributed by atoms with van der Waals surface area (Å²) < 4.78 is 5.66. The predicted molar refractivity (Wildman–Crippen MR) is 98.0 cm³/mol. The summed E-state index contributed by atoms with van der Waals surface area (Å²) >= 11 is 0. The van der Waals surface area contributed by atoms with E-state index in [4.69, 9.17) is 10.5 Å². The van der Waals surface area contributed by atoms with Crippen LogP contribution in [0, 0.1) is 0 Å². The molecule has 1 aliphatic rings. The number of aromatic nitrogens is 2. The number of nitrogens with two attached hydrogens (primary N) is 1. The summed E-state index contributed by atoms with van der Waals surface area (Å²) in [6.45, 7) is 4.57. The van der Waals surface area contributed by atoms with Gasteiger partial charge >= 0.3 is 0 Å². The van der Waals surface area contributed by atoms with Crippen molar-refractivity contribution in [2.45, 2.75) is 32.6 Å². The number of nitrogens with one attached hydrogen (secondary N) is 1. The van der Waals surface area contributed by atoms with Crippen molar-refractivity contribution in [1.82, 2.24) is 9.97 Å². The van der Waals surface area contributed by atoms with E-state index in [-0.39, 0.29) is 0 Å². The number of nitrogens with zero attached hydrogens (tertiary/aromatic N) is 3. The lowest BCUT2D eigenvalue weighted by atomic mass is 10.2. The van der Waals surface area contributed by atoms with Crippen LogP contribution in [0.3, 0.4) is 0 Å². The van der Waals surface area contributed by atoms with Crippen molar-refractivity contribution in [3.63, 3.8) is 0 Å². The zero-order valence-electron chi connectivity index (χ0n) is 14.2. The molecule has 6 heteroatoms. The molecule has 1 fully saturated rings. The minimum atomic E-state index is 0.589. The second kappa shape index (κ2) is 7.86. The maximum Gasteiger partial charge on any atom is 0.159 e. The number of hydrogen-bond donors (Lipinski definition) is 2. The summed E-state index contributed by atoms with van der Waals surface area (Å²) in [5, 5.41) is 3.29. The summed E-state index contributed by atoms with van der Waals surface area (Å²) in [6.07, 6.45) is 6.48. The summed E-state index contributed by atoms with van der Waals surface area (Å²) in [7, 11) is 0. The number of ether oxygens (including phenoxy) is 1. The summed E-state index contributed by atoms with van der Waals surface area (Å²) in [5.41, 5.74) is 7.81. The third-order valence-electron chi connectivity index (χ3n) is 4.21. The zero-order chi connectivity index (χ0) is 16.8. The van der Waals surface area contributed by atoms with Gasteiger partial charge in [0.2, 0.25) is 0 Å². The maximum atomic E-state index is 6.37. The Balaban J connectivity index is 1.85. The van der Waals surface area contributed by atoms with Crippen LogP contribution in [0.4, 0.5) is 23.0 Å². The average molecular weight is 327 g/mol. The largest absolute Gasteiger partial charge is 0.492 e. The number of rotatable bonds is 5. The first kappa shape index (κ1) is 16.4. The highest BCUT2D eigenvalue weighted by molar-refractivity contribution is 5.79. The highest BCUT2D eigenvalue weighted by Crippen LogP contribution is 2.33. The molecule has 0 spiro atoms. The van der Waals surface area contributed by atoms with Gasteiger partial charge in [-0.15, -0.1) is 0 Å². The van der Waals surface area contributed by atoms with Crippen molar-refractivity contribution in [2.24, 2.45) is 0 Å². The van der Waals surface area contributed by atoms with E-state index in [1.807, 2.05) is 31.2 Å². The molecule has 1 aliphatic heterocycles. The first-order valence-corrected chi connectivity index (χ1v) is 8.64. The molecule has 0 saturated carbocycles. The summed E-state index contributed by atoms with van der Waals surface area (Å²) in [6, 6.07) is 7.79. The second-order valence-electron chi connectivity index (χ2n) is 5.91. The Hall–Kier alpha value is -2.50. The van der Waals surface area contributed by atoms with E-state index in [0.717, 1.165) is 30.3 Å². The molecule has 0 atom stereocenters. The topological polar surface area (TPSA) is 76.3 Å². The van der Waals surface area contributed by atoms with Crippen LogP contribution in [0.5, 0.6) is 5.75 Å². The monoisotopic (exact) mass is 327 g/mol. The SMILES string of the molecule is CCOc1ccccc1Nc1ncnc(N2CCCCCC2)c1N. The smallest absolute Gasteiger partial charge is 0.159 e. The molecule has 0 unspecified atom stereocenters. The third-order valence-corrected chi connectivity index (χ3v) is 4.21. The Labute approximate surface area is 143 Å². The van der Waals surface area contributed by atoms with E-state index in [9.17, 15) is 0 Å². The maximum absolute atomic E-state index is 6.37. The molecule has 3 N–H and O–H groups in total.